The molecule has 1 N–H and O–H groups in total. The third-order valence-electron chi connectivity index (χ3n) is 3.09. The number of alkyl halides is 1. The molecule has 0 radical (unpaired) electrons. The summed E-state index contributed by atoms with van der Waals surface area (Å²) in [5, 5.41) is 13.4. The molecule has 0 aliphatic carbocycles. The summed E-state index contributed by atoms with van der Waals surface area (Å²) in [5.41, 5.74) is 3.18. The Morgan fingerprint density at radius 3 is 2.55 bits per heavy atom. The van der Waals surface area contributed by atoms with E-state index in [2.05, 4.69) is 27.3 Å². The number of nitrogens with one attached hydrogen (secondary N) is 1. The molecule has 5 heteroatoms. The van der Waals surface area contributed by atoms with Crippen molar-refractivity contribution in [1.29, 1.82) is 5.26 Å². The predicted molar refractivity (Wildman–Crippen MR) is 85.5 cm³/mol. The van der Waals surface area contributed by atoms with Gasteiger partial charge in [0.1, 0.15) is 11.1 Å². The average molecular weight is 349 g/mol. The first kappa shape index (κ1) is 14.8. The lowest BCUT2D eigenvalue weighted by Gasteiger charge is -2.04. The van der Waals surface area contributed by atoms with E-state index in [1.165, 1.54) is 11.3 Å². The summed E-state index contributed by atoms with van der Waals surface area (Å²) in [5.74, 6) is -0.191. The number of hydrogen-bond donors (Lipinski definition) is 1. The van der Waals surface area contributed by atoms with Gasteiger partial charge in [0.05, 0.1) is 5.56 Å². The maximum atomic E-state index is 12.2. The zero-order chi connectivity index (χ0) is 14.7. The first-order valence-electron chi connectivity index (χ1n) is 6.03. The normalized spacial score (nSPS) is 10.1. The molecule has 0 aliphatic rings. The number of carbonyl (C=O) groups is 1. The topological polar surface area (TPSA) is 52.9 Å². The number of aryl methyl sites for hydroxylation is 1. The molecule has 20 heavy (non-hydrogen) atoms. The summed E-state index contributed by atoms with van der Waals surface area (Å²) in [6, 6.07) is 9.52. The largest absolute Gasteiger partial charge is 0.312 e. The Labute approximate surface area is 130 Å². The fraction of sp³-hybridized carbons (Fsp3) is 0.200. The van der Waals surface area contributed by atoms with Crippen LogP contribution in [0.4, 0.5) is 5.00 Å². The first-order valence-corrected chi connectivity index (χ1v) is 7.97. The van der Waals surface area contributed by atoms with E-state index in [1.807, 2.05) is 26.0 Å². The van der Waals surface area contributed by atoms with Gasteiger partial charge in [0.15, 0.2) is 0 Å². The smallest absolute Gasteiger partial charge is 0.256 e. The van der Waals surface area contributed by atoms with Crippen molar-refractivity contribution in [3.8, 4) is 6.07 Å². The summed E-state index contributed by atoms with van der Waals surface area (Å²) in [6.45, 7) is 3.84. The quantitative estimate of drug-likeness (QED) is 0.836. The average Bonchev–Trinajstić information content (AvgIpc) is 2.73. The minimum absolute atomic E-state index is 0.191. The molecule has 1 aromatic carbocycles. The molecule has 0 spiro atoms. The number of nitriles is 1. The zero-order valence-corrected chi connectivity index (χ0v) is 13.6. The number of anilines is 1. The molecule has 1 heterocycles. The van der Waals surface area contributed by atoms with Crippen LogP contribution in [0.2, 0.25) is 0 Å². The number of benzene rings is 1. The molecule has 0 atom stereocenters. The van der Waals surface area contributed by atoms with Crippen molar-refractivity contribution in [3.63, 3.8) is 0 Å². The van der Waals surface area contributed by atoms with Crippen LogP contribution in [-0.2, 0) is 5.33 Å². The summed E-state index contributed by atoms with van der Waals surface area (Å²) in [4.78, 5) is 13.2. The third-order valence-corrected chi connectivity index (χ3v) is 4.86. The van der Waals surface area contributed by atoms with Crippen LogP contribution in [0, 0.1) is 25.2 Å². The van der Waals surface area contributed by atoms with E-state index < -0.39 is 0 Å². The minimum Gasteiger partial charge on any atom is -0.312 e. The van der Waals surface area contributed by atoms with Crippen molar-refractivity contribution in [3.05, 3.63) is 51.4 Å². The molecule has 0 unspecified atom stereocenters. The molecule has 0 bridgehead atoms. The first-order chi connectivity index (χ1) is 9.56. The van der Waals surface area contributed by atoms with Crippen molar-refractivity contribution in [1.82, 2.24) is 0 Å². The van der Waals surface area contributed by atoms with Gasteiger partial charge >= 0.3 is 0 Å². The van der Waals surface area contributed by atoms with Gasteiger partial charge in [0, 0.05) is 15.8 Å². The summed E-state index contributed by atoms with van der Waals surface area (Å²) in [6.07, 6.45) is 0. The van der Waals surface area contributed by atoms with Gasteiger partial charge in [-0.2, -0.15) is 5.26 Å². The number of amides is 1. The molecule has 1 aromatic heterocycles. The number of nitrogens with zero attached hydrogens (tertiary/aromatic N) is 1. The molecule has 3 nitrogen and oxygen atoms in total. The maximum absolute atomic E-state index is 12.2. The van der Waals surface area contributed by atoms with Gasteiger partial charge in [-0.25, -0.2) is 0 Å². The van der Waals surface area contributed by atoms with Crippen molar-refractivity contribution >= 4 is 38.2 Å². The highest BCUT2D eigenvalue weighted by atomic mass is 79.9. The number of thiophene rings is 1. The van der Waals surface area contributed by atoms with E-state index in [4.69, 9.17) is 5.26 Å². The lowest BCUT2D eigenvalue weighted by molar-refractivity contribution is 0.102. The number of hydrogen-bond acceptors (Lipinski definition) is 3. The Morgan fingerprint density at radius 2 is 2.00 bits per heavy atom. The van der Waals surface area contributed by atoms with Crippen LogP contribution >= 0.6 is 27.3 Å². The van der Waals surface area contributed by atoms with Crippen LogP contribution in [0.15, 0.2) is 24.3 Å². The van der Waals surface area contributed by atoms with Crippen LogP contribution in [0.3, 0.4) is 0 Å². The lowest BCUT2D eigenvalue weighted by atomic mass is 10.1. The Balaban J connectivity index is 2.23. The predicted octanol–water partition coefficient (Wildman–Crippen LogP) is 4.38. The Hall–Kier alpha value is -1.64. The van der Waals surface area contributed by atoms with Crippen molar-refractivity contribution in [2.75, 3.05) is 5.32 Å². The lowest BCUT2D eigenvalue weighted by Crippen LogP contribution is -2.11. The molecule has 0 aliphatic heterocycles. The van der Waals surface area contributed by atoms with E-state index in [0.717, 1.165) is 21.3 Å². The third kappa shape index (κ3) is 2.92. The van der Waals surface area contributed by atoms with Crippen LogP contribution < -0.4 is 5.32 Å². The maximum Gasteiger partial charge on any atom is 0.256 e. The molecular weight excluding hydrogens is 336 g/mol. The van der Waals surface area contributed by atoms with Gasteiger partial charge in [0.25, 0.3) is 5.91 Å². The highest BCUT2D eigenvalue weighted by Crippen LogP contribution is 2.31. The molecule has 0 saturated heterocycles. The van der Waals surface area contributed by atoms with E-state index >= 15 is 0 Å². The highest BCUT2D eigenvalue weighted by Gasteiger charge is 2.15. The van der Waals surface area contributed by atoms with Crippen LogP contribution in [-0.4, -0.2) is 5.91 Å². The van der Waals surface area contributed by atoms with Gasteiger partial charge in [-0.3, -0.25) is 4.79 Å². The van der Waals surface area contributed by atoms with Gasteiger partial charge in [0.2, 0.25) is 0 Å². The molecule has 1 amide bonds. The fourth-order valence-corrected chi connectivity index (χ4v) is 3.15. The second kappa shape index (κ2) is 6.21. The molecule has 102 valence electrons. The molecule has 0 fully saturated rings. The van der Waals surface area contributed by atoms with E-state index in [1.54, 1.807) is 12.1 Å². The Morgan fingerprint density at radius 1 is 1.35 bits per heavy atom. The summed E-state index contributed by atoms with van der Waals surface area (Å²) >= 11 is 4.80. The van der Waals surface area contributed by atoms with E-state index in [0.29, 0.717) is 16.1 Å². The van der Waals surface area contributed by atoms with E-state index in [-0.39, 0.29) is 5.91 Å². The molecule has 2 aromatic rings. The fourth-order valence-electron chi connectivity index (χ4n) is 1.77. The van der Waals surface area contributed by atoms with Gasteiger partial charge in [-0.05, 0) is 37.1 Å². The minimum atomic E-state index is -0.191. The van der Waals surface area contributed by atoms with Gasteiger partial charge in [-0.1, -0.05) is 28.1 Å². The SMILES string of the molecule is Cc1sc(NC(=O)c2ccc(CBr)cc2)c(C#N)c1C. The number of rotatable bonds is 3. The standard InChI is InChI=1S/C15H13BrN2OS/c1-9-10(2)20-15(13(9)8-17)18-14(19)12-5-3-11(7-16)4-6-12/h3-6H,7H2,1-2H3,(H,18,19). The Kier molecular flexibility index (Phi) is 4.58. The van der Waals surface area contributed by atoms with Crippen molar-refractivity contribution < 1.29 is 4.79 Å². The second-order valence-corrected chi connectivity index (χ2v) is 6.17. The van der Waals surface area contributed by atoms with Crippen molar-refractivity contribution in [2.24, 2.45) is 0 Å². The van der Waals surface area contributed by atoms with Gasteiger partial charge in [-0.15, -0.1) is 11.3 Å². The number of carbonyl (C=O) groups excluding carboxylic acids is 1. The monoisotopic (exact) mass is 348 g/mol. The van der Waals surface area contributed by atoms with Gasteiger partial charge < -0.3 is 5.32 Å². The zero-order valence-electron chi connectivity index (χ0n) is 11.2. The van der Waals surface area contributed by atoms with Crippen LogP contribution in [0.25, 0.3) is 0 Å². The van der Waals surface area contributed by atoms with Crippen LogP contribution in [0.5, 0.6) is 0 Å². The molecular formula is C15H13BrN2OS. The highest BCUT2D eigenvalue weighted by molar-refractivity contribution is 9.08. The van der Waals surface area contributed by atoms with Crippen LogP contribution in [0.1, 0.15) is 31.9 Å². The molecule has 0 saturated carbocycles. The van der Waals surface area contributed by atoms with Crippen molar-refractivity contribution in [2.45, 2.75) is 19.2 Å². The summed E-state index contributed by atoms with van der Waals surface area (Å²) < 4.78 is 0. The number of halogens is 1. The second-order valence-electron chi connectivity index (χ2n) is 4.38. The molecule has 2 rings (SSSR count). The Bertz CT molecular complexity index is 683. The summed E-state index contributed by atoms with van der Waals surface area (Å²) in [7, 11) is 0. The van der Waals surface area contributed by atoms with E-state index in [9.17, 15) is 4.79 Å².